The van der Waals surface area contributed by atoms with E-state index < -0.39 is 5.91 Å². The van der Waals surface area contributed by atoms with Crippen LogP contribution in [0, 0.1) is 5.41 Å². The fourth-order valence-corrected chi connectivity index (χ4v) is 3.94. The van der Waals surface area contributed by atoms with Crippen LogP contribution in [-0.4, -0.2) is 34.1 Å². The van der Waals surface area contributed by atoms with Crippen molar-refractivity contribution in [2.45, 2.75) is 0 Å². The van der Waals surface area contributed by atoms with Gasteiger partial charge in [-0.05, 0) is 36.0 Å². The van der Waals surface area contributed by atoms with Crippen LogP contribution in [0.5, 0.6) is 5.75 Å². The van der Waals surface area contributed by atoms with Crippen LogP contribution in [-0.2, 0) is 4.79 Å². The van der Waals surface area contributed by atoms with Crippen molar-refractivity contribution in [2.75, 3.05) is 7.11 Å². The lowest BCUT2D eigenvalue weighted by Crippen LogP contribution is -2.35. The van der Waals surface area contributed by atoms with Gasteiger partial charge in [-0.2, -0.15) is 15.1 Å². The molecule has 0 aromatic heterocycles. The summed E-state index contributed by atoms with van der Waals surface area (Å²) in [6, 6.07) is 15.1. The van der Waals surface area contributed by atoms with Crippen LogP contribution in [0.3, 0.4) is 0 Å². The Hall–Kier alpha value is -2.71. The molecule has 0 saturated carbocycles. The highest BCUT2D eigenvalue weighted by Gasteiger charge is 2.36. The van der Waals surface area contributed by atoms with Gasteiger partial charge in [-0.25, -0.2) is 0 Å². The molecule has 0 saturated heterocycles. The Morgan fingerprint density at radius 2 is 2.00 bits per heavy atom. The van der Waals surface area contributed by atoms with Crippen LogP contribution < -0.4 is 4.74 Å². The fraction of sp³-hybridized carbons (Fsp3) is 0.0526. The molecule has 0 radical (unpaired) electrons. The van der Waals surface area contributed by atoms with Crippen LogP contribution in [0.2, 0.25) is 0 Å². The lowest BCUT2D eigenvalue weighted by molar-refractivity contribution is -0.114. The number of amides is 1. The minimum atomic E-state index is -0.467. The van der Waals surface area contributed by atoms with Gasteiger partial charge >= 0.3 is 0 Å². The molecule has 0 atom stereocenters. The van der Waals surface area contributed by atoms with Crippen molar-refractivity contribution < 1.29 is 9.53 Å². The Balaban J connectivity index is 1.73. The SMILES string of the molecule is COc1ccc(Br)cc1C=C1C(=N)N2N=C(c3ccccc3)SC2=NC1=O. The number of methoxy groups -OCH3 is 1. The summed E-state index contributed by atoms with van der Waals surface area (Å²) in [6.45, 7) is 0. The Morgan fingerprint density at radius 3 is 2.74 bits per heavy atom. The summed E-state index contributed by atoms with van der Waals surface area (Å²) >= 11 is 4.69. The zero-order valence-electron chi connectivity index (χ0n) is 14.1. The molecule has 1 amide bonds. The Kier molecular flexibility index (Phi) is 4.67. The largest absolute Gasteiger partial charge is 0.496 e. The van der Waals surface area contributed by atoms with E-state index in [1.54, 1.807) is 19.3 Å². The molecule has 2 heterocycles. The molecular formula is C19H13BrN4O2S. The normalized spacial score (nSPS) is 17.7. The first-order valence-electron chi connectivity index (χ1n) is 7.96. The molecule has 4 rings (SSSR count). The minimum Gasteiger partial charge on any atom is -0.496 e. The molecule has 0 bridgehead atoms. The molecule has 2 aromatic rings. The molecule has 2 aliphatic rings. The van der Waals surface area contributed by atoms with E-state index in [1.807, 2.05) is 42.5 Å². The number of carbonyl (C=O) groups excluding carboxylic acids is 1. The van der Waals surface area contributed by atoms with Crippen LogP contribution in [0.1, 0.15) is 11.1 Å². The summed E-state index contributed by atoms with van der Waals surface area (Å²) in [5, 5.41) is 15.4. The summed E-state index contributed by atoms with van der Waals surface area (Å²) in [5.41, 5.74) is 1.76. The van der Waals surface area contributed by atoms with Crippen LogP contribution >= 0.6 is 27.7 Å². The van der Waals surface area contributed by atoms with Gasteiger partial charge < -0.3 is 4.74 Å². The second kappa shape index (κ2) is 7.13. The number of benzene rings is 2. The molecule has 0 unspecified atom stereocenters. The summed E-state index contributed by atoms with van der Waals surface area (Å²) in [5.74, 6) is 0.126. The molecule has 2 aromatic carbocycles. The van der Waals surface area contributed by atoms with Crippen molar-refractivity contribution in [2.24, 2.45) is 10.1 Å². The predicted octanol–water partition coefficient (Wildman–Crippen LogP) is 4.13. The molecule has 134 valence electrons. The van der Waals surface area contributed by atoms with Gasteiger partial charge in [0, 0.05) is 15.6 Å². The third-order valence-electron chi connectivity index (χ3n) is 3.97. The molecule has 8 heteroatoms. The van der Waals surface area contributed by atoms with Crippen LogP contribution in [0.15, 0.2) is 68.7 Å². The van der Waals surface area contributed by atoms with E-state index in [9.17, 15) is 4.79 Å². The first-order valence-corrected chi connectivity index (χ1v) is 9.57. The van der Waals surface area contributed by atoms with Gasteiger partial charge in [0.1, 0.15) is 10.8 Å². The number of hydrogen-bond donors (Lipinski definition) is 1. The summed E-state index contributed by atoms with van der Waals surface area (Å²) < 4.78 is 6.19. The third-order valence-corrected chi connectivity index (χ3v) is 5.42. The number of amidine groups is 2. The van der Waals surface area contributed by atoms with Crippen molar-refractivity contribution in [3.63, 3.8) is 0 Å². The molecule has 0 fully saturated rings. The summed E-state index contributed by atoms with van der Waals surface area (Å²) in [7, 11) is 1.56. The van der Waals surface area contributed by atoms with Gasteiger partial charge in [0.05, 0.1) is 12.7 Å². The smallest absolute Gasteiger partial charge is 0.283 e. The van der Waals surface area contributed by atoms with Gasteiger partial charge in [0.25, 0.3) is 5.91 Å². The van der Waals surface area contributed by atoms with Crippen molar-refractivity contribution in [3.8, 4) is 5.75 Å². The Labute approximate surface area is 168 Å². The molecule has 27 heavy (non-hydrogen) atoms. The van der Waals surface area contributed by atoms with Gasteiger partial charge in [-0.3, -0.25) is 10.2 Å². The van der Waals surface area contributed by atoms with Crippen molar-refractivity contribution >= 4 is 55.7 Å². The van der Waals surface area contributed by atoms with Gasteiger partial charge in [-0.1, -0.05) is 46.3 Å². The van der Waals surface area contributed by atoms with Crippen molar-refractivity contribution in [1.29, 1.82) is 5.41 Å². The number of rotatable bonds is 3. The molecule has 0 spiro atoms. The maximum absolute atomic E-state index is 12.5. The molecule has 2 aliphatic heterocycles. The molecular weight excluding hydrogens is 428 g/mol. The maximum Gasteiger partial charge on any atom is 0.283 e. The fourth-order valence-electron chi connectivity index (χ4n) is 2.66. The highest BCUT2D eigenvalue weighted by atomic mass is 79.9. The quantitative estimate of drug-likeness (QED) is 0.727. The van der Waals surface area contributed by atoms with Crippen molar-refractivity contribution in [1.82, 2.24) is 5.01 Å². The number of ether oxygens (including phenoxy) is 1. The highest BCUT2D eigenvalue weighted by Crippen LogP contribution is 2.32. The lowest BCUT2D eigenvalue weighted by atomic mass is 10.1. The Morgan fingerprint density at radius 1 is 1.22 bits per heavy atom. The van der Waals surface area contributed by atoms with Crippen LogP contribution in [0.4, 0.5) is 0 Å². The van der Waals surface area contributed by atoms with E-state index in [2.05, 4.69) is 26.0 Å². The molecule has 0 aliphatic carbocycles. The van der Waals surface area contributed by atoms with Crippen molar-refractivity contribution in [3.05, 3.63) is 69.7 Å². The third kappa shape index (κ3) is 3.33. The summed E-state index contributed by atoms with van der Waals surface area (Å²) in [6.07, 6.45) is 1.61. The lowest BCUT2D eigenvalue weighted by Gasteiger charge is -2.20. The van der Waals surface area contributed by atoms with E-state index in [-0.39, 0.29) is 11.4 Å². The van der Waals surface area contributed by atoms with E-state index >= 15 is 0 Å². The number of fused-ring (bicyclic) bond motifs is 1. The first-order chi connectivity index (χ1) is 13.1. The zero-order valence-corrected chi connectivity index (χ0v) is 16.5. The topological polar surface area (TPSA) is 78.1 Å². The van der Waals surface area contributed by atoms with E-state index in [4.69, 9.17) is 10.1 Å². The van der Waals surface area contributed by atoms with Gasteiger partial charge in [0.2, 0.25) is 5.17 Å². The second-order valence-electron chi connectivity index (χ2n) is 5.68. The number of thioether (sulfide) groups is 1. The average molecular weight is 441 g/mol. The summed E-state index contributed by atoms with van der Waals surface area (Å²) in [4.78, 5) is 16.7. The van der Waals surface area contributed by atoms with E-state index in [1.165, 1.54) is 16.8 Å². The van der Waals surface area contributed by atoms with Gasteiger partial charge in [-0.15, -0.1) is 0 Å². The molecule has 6 nitrogen and oxygen atoms in total. The highest BCUT2D eigenvalue weighted by molar-refractivity contribution is 9.10. The Bertz CT molecular complexity index is 1050. The second-order valence-corrected chi connectivity index (χ2v) is 7.55. The number of halogens is 1. The standard InChI is InChI=1S/C19H13BrN4O2S/c1-26-15-8-7-13(20)9-12(15)10-14-16(21)24-19(22-17(14)25)27-18(23-24)11-5-3-2-4-6-11/h2-10,21H,1H3. The zero-order chi connectivity index (χ0) is 19.0. The van der Waals surface area contributed by atoms with E-state index in [0.717, 1.165) is 10.0 Å². The average Bonchev–Trinajstić information content (AvgIpc) is 3.10. The number of hydrogen-bond acceptors (Lipinski definition) is 5. The van der Waals surface area contributed by atoms with E-state index in [0.29, 0.717) is 21.5 Å². The van der Waals surface area contributed by atoms with Gasteiger partial charge in [0.15, 0.2) is 5.84 Å². The number of nitrogens with zero attached hydrogens (tertiary/aromatic N) is 3. The predicted molar refractivity (Wildman–Crippen MR) is 111 cm³/mol. The molecule has 1 N–H and O–H groups in total. The number of aliphatic imine (C=N–C) groups is 1. The number of hydrazone groups is 1. The monoisotopic (exact) mass is 440 g/mol. The minimum absolute atomic E-state index is 0.00883. The maximum atomic E-state index is 12.5. The number of nitrogens with one attached hydrogen (secondary N) is 1. The number of carbonyl (C=O) groups is 1. The first kappa shape index (κ1) is 17.7. The van der Waals surface area contributed by atoms with Crippen LogP contribution in [0.25, 0.3) is 6.08 Å².